The highest BCUT2D eigenvalue weighted by atomic mass is 32.1. The van der Waals surface area contributed by atoms with Gasteiger partial charge in [-0.3, -0.25) is 4.79 Å². The molecule has 0 fully saturated rings. The first-order chi connectivity index (χ1) is 7.02. The number of carbonyl (C=O) groups is 1. The zero-order valence-electron chi connectivity index (χ0n) is 9.36. The lowest BCUT2D eigenvalue weighted by molar-refractivity contribution is -0.137. The molecule has 1 heterocycles. The minimum absolute atomic E-state index is 0.222. The van der Waals surface area contributed by atoms with Gasteiger partial charge in [0.25, 0.3) is 0 Å². The van der Waals surface area contributed by atoms with Gasteiger partial charge < -0.3 is 10.0 Å². The Labute approximate surface area is 94.3 Å². The lowest BCUT2D eigenvalue weighted by atomic mass is 10.1. The fourth-order valence-corrected chi connectivity index (χ4v) is 2.77. The van der Waals surface area contributed by atoms with Crippen LogP contribution in [0.2, 0.25) is 0 Å². The van der Waals surface area contributed by atoms with E-state index in [1.165, 1.54) is 10.4 Å². The summed E-state index contributed by atoms with van der Waals surface area (Å²) in [5.74, 6) is -0.726. The van der Waals surface area contributed by atoms with Crippen LogP contribution in [-0.2, 0) is 4.79 Å². The molecule has 1 atom stereocenters. The second-order valence-electron chi connectivity index (χ2n) is 3.88. The van der Waals surface area contributed by atoms with Gasteiger partial charge >= 0.3 is 5.97 Å². The molecule has 0 radical (unpaired) electrons. The summed E-state index contributed by atoms with van der Waals surface area (Å²) in [6.45, 7) is 2.07. The van der Waals surface area contributed by atoms with Crippen LogP contribution in [0.1, 0.15) is 29.3 Å². The van der Waals surface area contributed by atoms with Gasteiger partial charge in [0.1, 0.15) is 0 Å². The van der Waals surface area contributed by atoms with Gasteiger partial charge in [0, 0.05) is 17.3 Å². The molecule has 1 unspecified atom stereocenters. The van der Waals surface area contributed by atoms with Gasteiger partial charge in [-0.2, -0.15) is 0 Å². The molecule has 0 aromatic carbocycles. The molecule has 0 saturated carbocycles. The molecule has 0 spiro atoms. The summed E-state index contributed by atoms with van der Waals surface area (Å²) >= 11 is 1.70. The zero-order chi connectivity index (χ0) is 11.4. The third-order valence-corrected chi connectivity index (χ3v) is 3.58. The smallest absolute Gasteiger partial charge is 0.303 e. The van der Waals surface area contributed by atoms with Gasteiger partial charge in [-0.1, -0.05) is 0 Å². The van der Waals surface area contributed by atoms with E-state index in [1.807, 2.05) is 14.1 Å². The van der Waals surface area contributed by atoms with Crippen LogP contribution in [0.3, 0.4) is 0 Å². The summed E-state index contributed by atoms with van der Waals surface area (Å²) in [6, 6.07) is 2.30. The highest BCUT2D eigenvalue weighted by Gasteiger charge is 2.18. The molecule has 15 heavy (non-hydrogen) atoms. The van der Waals surface area contributed by atoms with Crippen molar-refractivity contribution in [2.45, 2.75) is 25.8 Å². The molecule has 1 N–H and O–H groups in total. The predicted molar refractivity (Wildman–Crippen MR) is 62.4 cm³/mol. The maximum Gasteiger partial charge on any atom is 0.303 e. The standard InChI is InChI=1S/C11H17NO2S/c1-8-6-7-15-11(8)9(12(2)3)4-5-10(13)14/h6-7,9H,4-5H2,1-3H3,(H,13,14). The van der Waals surface area contributed by atoms with Gasteiger partial charge in [0.2, 0.25) is 0 Å². The Morgan fingerprint density at radius 2 is 2.27 bits per heavy atom. The number of carboxylic acid groups (broad SMARTS) is 1. The van der Waals surface area contributed by atoms with Crippen molar-refractivity contribution >= 4 is 17.3 Å². The second kappa shape index (κ2) is 5.28. The summed E-state index contributed by atoms with van der Waals surface area (Å²) in [6.07, 6.45) is 0.893. The Kier molecular flexibility index (Phi) is 4.29. The fraction of sp³-hybridized carbons (Fsp3) is 0.545. The summed E-state index contributed by atoms with van der Waals surface area (Å²) in [4.78, 5) is 13.9. The number of aryl methyl sites for hydroxylation is 1. The topological polar surface area (TPSA) is 40.5 Å². The normalized spacial score (nSPS) is 13.1. The molecule has 3 nitrogen and oxygen atoms in total. The molecular formula is C11H17NO2S. The Hall–Kier alpha value is -0.870. The number of hydrogen-bond donors (Lipinski definition) is 1. The summed E-state index contributed by atoms with van der Waals surface area (Å²) in [7, 11) is 3.98. The summed E-state index contributed by atoms with van der Waals surface area (Å²) < 4.78 is 0. The molecule has 1 rings (SSSR count). The third-order valence-electron chi connectivity index (χ3n) is 2.46. The van der Waals surface area contributed by atoms with Crippen LogP contribution in [-0.4, -0.2) is 30.1 Å². The second-order valence-corrected chi connectivity index (χ2v) is 4.83. The van der Waals surface area contributed by atoms with Crippen molar-refractivity contribution in [1.82, 2.24) is 4.90 Å². The van der Waals surface area contributed by atoms with E-state index in [0.717, 1.165) is 0 Å². The van der Waals surface area contributed by atoms with Crippen LogP contribution in [0.5, 0.6) is 0 Å². The van der Waals surface area contributed by atoms with E-state index in [2.05, 4.69) is 23.3 Å². The quantitative estimate of drug-likeness (QED) is 0.840. The van der Waals surface area contributed by atoms with Gasteiger partial charge in [-0.05, 0) is 44.4 Å². The van der Waals surface area contributed by atoms with Crippen molar-refractivity contribution in [1.29, 1.82) is 0 Å². The Bertz CT molecular complexity index is 333. The Morgan fingerprint density at radius 3 is 2.67 bits per heavy atom. The van der Waals surface area contributed by atoms with Crippen LogP contribution >= 0.6 is 11.3 Å². The van der Waals surface area contributed by atoms with Crippen molar-refractivity contribution in [3.63, 3.8) is 0 Å². The lowest BCUT2D eigenvalue weighted by Crippen LogP contribution is -2.20. The van der Waals surface area contributed by atoms with E-state index in [4.69, 9.17) is 5.11 Å². The van der Waals surface area contributed by atoms with Crippen LogP contribution < -0.4 is 0 Å². The predicted octanol–water partition coefficient (Wildman–Crippen LogP) is 2.52. The molecule has 4 heteroatoms. The number of nitrogens with zero attached hydrogens (tertiary/aromatic N) is 1. The van der Waals surface area contributed by atoms with Crippen molar-refractivity contribution in [3.8, 4) is 0 Å². The van der Waals surface area contributed by atoms with Crippen LogP contribution in [0.25, 0.3) is 0 Å². The highest BCUT2D eigenvalue weighted by molar-refractivity contribution is 7.10. The fourth-order valence-electron chi connectivity index (χ4n) is 1.61. The van der Waals surface area contributed by atoms with Gasteiger partial charge in [-0.15, -0.1) is 11.3 Å². The molecule has 0 amide bonds. The number of carboxylic acids is 1. The van der Waals surface area contributed by atoms with Crippen molar-refractivity contribution < 1.29 is 9.90 Å². The van der Waals surface area contributed by atoms with Crippen molar-refractivity contribution in [3.05, 3.63) is 21.9 Å². The average Bonchev–Trinajstić information content (AvgIpc) is 2.51. The first-order valence-electron chi connectivity index (χ1n) is 4.94. The van der Waals surface area contributed by atoms with E-state index < -0.39 is 5.97 Å². The summed E-state index contributed by atoms with van der Waals surface area (Å²) in [5.41, 5.74) is 1.25. The van der Waals surface area contributed by atoms with E-state index >= 15 is 0 Å². The molecule has 1 aromatic rings. The first kappa shape index (κ1) is 12.2. The number of thiophene rings is 1. The maximum absolute atomic E-state index is 10.6. The van der Waals surface area contributed by atoms with Crippen molar-refractivity contribution in [2.75, 3.05) is 14.1 Å². The molecule has 1 aromatic heterocycles. The van der Waals surface area contributed by atoms with Gasteiger partial charge in [0.15, 0.2) is 0 Å². The summed E-state index contributed by atoms with van der Waals surface area (Å²) in [5, 5.41) is 10.8. The monoisotopic (exact) mass is 227 g/mol. The molecule has 0 aliphatic carbocycles. The lowest BCUT2D eigenvalue weighted by Gasteiger charge is -2.23. The number of aliphatic carboxylic acids is 1. The molecule has 84 valence electrons. The largest absolute Gasteiger partial charge is 0.481 e. The number of rotatable bonds is 5. The van der Waals surface area contributed by atoms with E-state index in [0.29, 0.717) is 6.42 Å². The molecule has 0 aliphatic heterocycles. The minimum Gasteiger partial charge on any atom is -0.481 e. The molecule has 0 saturated heterocycles. The van der Waals surface area contributed by atoms with E-state index in [9.17, 15) is 4.79 Å². The minimum atomic E-state index is -0.726. The number of hydrogen-bond acceptors (Lipinski definition) is 3. The van der Waals surface area contributed by atoms with Crippen LogP contribution in [0, 0.1) is 6.92 Å². The highest BCUT2D eigenvalue weighted by Crippen LogP contribution is 2.30. The molecule has 0 bridgehead atoms. The van der Waals surface area contributed by atoms with E-state index in [-0.39, 0.29) is 12.5 Å². The first-order valence-corrected chi connectivity index (χ1v) is 5.82. The SMILES string of the molecule is Cc1ccsc1C(CCC(=O)O)N(C)C. The van der Waals surface area contributed by atoms with E-state index in [1.54, 1.807) is 11.3 Å². The van der Waals surface area contributed by atoms with Crippen LogP contribution in [0.15, 0.2) is 11.4 Å². The Morgan fingerprint density at radius 1 is 1.60 bits per heavy atom. The maximum atomic E-state index is 10.6. The molecule has 0 aliphatic rings. The third kappa shape index (κ3) is 3.32. The average molecular weight is 227 g/mol. The van der Waals surface area contributed by atoms with Crippen LogP contribution in [0.4, 0.5) is 0 Å². The van der Waals surface area contributed by atoms with Gasteiger partial charge in [-0.25, -0.2) is 0 Å². The molecular weight excluding hydrogens is 210 g/mol. The van der Waals surface area contributed by atoms with Crippen molar-refractivity contribution in [2.24, 2.45) is 0 Å². The zero-order valence-corrected chi connectivity index (χ0v) is 10.2. The Balaban J connectivity index is 2.75. The van der Waals surface area contributed by atoms with Gasteiger partial charge in [0.05, 0.1) is 0 Å².